The van der Waals surface area contributed by atoms with Crippen molar-refractivity contribution in [2.75, 3.05) is 0 Å². The second-order valence-corrected chi connectivity index (χ2v) is 4.12. The molecule has 0 radical (unpaired) electrons. The third kappa shape index (κ3) is 2.07. The van der Waals surface area contributed by atoms with E-state index in [2.05, 4.69) is 18.0 Å². The zero-order chi connectivity index (χ0) is 9.84. The molecule has 0 aliphatic carbocycles. The van der Waals surface area contributed by atoms with Crippen LogP contribution in [-0.2, 0) is 6.42 Å². The Bertz CT molecular complexity index is 322. The molecule has 1 atom stereocenters. The van der Waals surface area contributed by atoms with E-state index in [9.17, 15) is 0 Å². The minimum Gasteiger partial charge on any atom is -0.246 e. The predicted octanol–water partition coefficient (Wildman–Crippen LogP) is 3.03. The summed E-state index contributed by atoms with van der Waals surface area (Å²) in [6.07, 6.45) is 1.84. The fourth-order valence-corrected chi connectivity index (χ4v) is 2.41. The van der Waals surface area contributed by atoms with Crippen LogP contribution < -0.4 is 0 Å². The molecule has 13 heavy (non-hydrogen) atoms. The molecule has 1 aromatic rings. The van der Waals surface area contributed by atoms with E-state index in [0.717, 1.165) is 28.4 Å². The highest BCUT2D eigenvalue weighted by atomic mass is 32.1. The van der Waals surface area contributed by atoms with Gasteiger partial charge in [0.1, 0.15) is 0 Å². The van der Waals surface area contributed by atoms with Gasteiger partial charge in [-0.05, 0) is 19.8 Å². The Morgan fingerprint density at radius 3 is 2.62 bits per heavy atom. The number of hydrogen-bond acceptors (Lipinski definition) is 3. The van der Waals surface area contributed by atoms with Gasteiger partial charge < -0.3 is 0 Å². The maximum atomic E-state index is 8.91. The number of thiazole rings is 1. The molecule has 0 N–H and O–H groups in total. The lowest BCUT2D eigenvalue weighted by Gasteiger charge is -2.01. The first kappa shape index (κ1) is 10.2. The van der Waals surface area contributed by atoms with Gasteiger partial charge in [-0.3, -0.25) is 0 Å². The third-order valence-electron chi connectivity index (χ3n) is 2.06. The Labute approximate surface area is 83.2 Å². The number of hydrogen-bond donors (Lipinski definition) is 0. The van der Waals surface area contributed by atoms with Gasteiger partial charge in [0.25, 0.3) is 0 Å². The van der Waals surface area contributed by atoms with Crippen molar-refractivity contribution in [1.29, 1.82) is 5.26 Å². The van der Waals surface area contributed by atoms with Gasteiger partial charge in [-0.15, -0.1) is 11.3 Å². The molecule has 0 spiro atoms. The molecule has 0 fully saturated rings. The fraction of sp³-hybridized carbons (Fsp3) is 0.600. The maximum absolute atomic E-state index is 8.91. The third-order valence-corrected chi connectivity index (χ3v) is 3.48. The average molecular weight is 194 g/mol. The standard InChI is InChI=1S/C10H14N2S/c1-4-8(6-11)10-7(3)12-9(5-2)13-10/h8H,4-5H2,1-3H3. The average Bonchev–Trinajstić information content (AvgIpc) is 2.50. The molecule has 0 aliphatic heterocycles. The van der Waals surface area contributed by atoms with E-state index in [0.29, 0.717) is 0 Å². The van der Waals surface area contributed by atoms with E-state index >= 15 is 0 Å². The molecule has 0 saturated heterocycles. The van der Waals surface area contributed by atoms with Crippen LogP contribution in [0.5, 0.6) is 0 Å². The summed E-state index contributed by atoms with van der Waals surface area (Å²) in [5, 5.41) is 10.1. The molecular formula is C10H14N2S. The SMILES string of the molecule is CCc1nc(C)c(C(C#N)CC)s1. The van der Waals surface area contributed by atoms with Gasteiger partial charge in [-0.25, -0.2) is 4.98 Å². The van der Waals surface area contributed by atoms with E-state index in [4.69, 9.17) is 5.26 Å². The van der Waals surface area contributed by atoms with E-state index in [1.807, 2.05) is 13.8 Å². The second kappa shape index (κ2) is 4.38. The molecule has 0 amide bonds. The Morgan fingerprint density at radius 1 is 1.54 bits per heavy atom. The molecule has 70 valence electrons. The molecule has 1 unspecified atom stereocenters. The zero-order valence-electron chi connectivity index (χ0n) is 8.29. The quantitative estimate of drug-likeness (QED) is 0.741. The number of nitriles is 1. The van der Waals surface area contributed by atoms with E-state index in [1.54, 1.807) is 11.3 Å². The normalized spacial score (nSPS) is 12.5. The lowest BCUT2D eigenvalue weighted by molar-refractivity contribution is 0.823. The van der Waals surface area contributed by atoms with Crippen LogP contribution in [0.15, 0.2) is 0 Å². The summed E-state index contributed by atoms with van der Waals surface area (Å²) in [7, 11) is 0. The lowest BCUT2D eigenvalue weighted by atomic mass is 10.1. The monoisotopic (exact) mass is 194 g/mol. The van der Waals surface area contributed by atoms with Gasteiger partial charge >= 0.3 is 0 Å². The zero-order valence-corrected chi connectivity index (χ0v) is 9.11. The molecular weight excluding hydrogens is 180 g/mol. The fourth-order valence-electron chi connectivity index (χ4n) is 1.28. The summed E-state index contributed by atoms with van der Waals surface area (Å²) in [6.45, 7) is 6.12. The van der Waals surface area contributed by atoms with Crippen molar-refractivity contribution in [3.8, 4) is 6.07 Å². The highest BCUT2D eigenvalue weighted by Gasteiger charge is 2.15. The summed E-state index contributed by atoms with van der Waals surface area (Å²) < 4.78 is 0. The molecule has 3 heteroatoms. The lowest BCUT2D eigenvalue weighted by Crippen LogP contribution is -1.92. The minimum absolute atomic E-state index is 0.0396. The van der Waals surface area contributed by atoms with E-state index < -0.39 is 0 Å². The van der Waals surface area contributed by atoms with Crippen molar-refractivity contribution < 1.29 is 0 Å². The second-order valence-electron chi connectivity index (χ2n) is 3.00. The summed E-state index contributed by atoms with van der Waals surface area (Å²) in [4.78, 5) is 5.57. The number of aromatic nitrogens is 1. The van der Waals surface area contributed by atoms with Crippen molar-refractivity contribution in [2.24, 2.45) is 0 Å². The number of nitrogens with zero attached hydrogens (tertiary/aromatic N) is 2. The Hall–Kier alpha value is -0.880. The molecule has 2 nitrogen and oxygen atoms in total. The highest BCUT2D eigenvalue weighted by Crippen LogP contribution is 2.28. The number of aryl methyl sites for hydroxylation is 2. The van der Waals surface area contributed by atoms with Crippen molar-refractivity contribution in [3.05, 3.63) is 15.6 Å². The van der Waals surface area contributed by atoms with Crippen LogP contribution in [0.2, 0.25) is 0 Å². The van der Waals surface area contributed by atoms with E-state index in [1.165, 1.54) is 0 Å². The summed E-state index contributed by atoms with van der Waals surface area (Å²) in [5.41, 5.74) is 1.04. The summed E-state index contributed by atoms with van der Waals surface area (Å²) in [5.74, 6) is 0.0396. The first-order valence-corrected chi connectivity index (χ1v) is 5.40. The van der Waals surface area contributed by atoms with Crippen LogP contribution in [0.4, 0.5) is 0 Å². The van der Waals surface area contributed by atoms with Crippen LogP contribution in [0, 0.1) is 18.3 Å². The van der Waals surface area contributed by atoms with Gasteiger partial charge in [-0.1, -0.05) is 13.8 Å². The molecule has 0 aromatic carbocycles. The van der Waals surface area contributed by atoms with Gasteiger partial charge in [0, 0.05) is 4.88 Å². The smallest absolute Gasteiger partial charge is 0.0928 e. The minimum atomic E-state index is 0.0396. The van der Waals surface area contributed by atoms with Crippen LogP contribution >= 0.6 is 11.3 Å². The molecule has 0 saturated carbocycles. The predicted molar refractivity (Wildman–Crippen MR) is 54.9 cm³/mol. The highest BCUT2D eigenvalue weighted by molar-refractivity contribution is 7.11. The molecule has 1 aromatic heterocycles. The van der Waals surface area contributed by atoms with Crippen LogP contribution in [0.1, 0.15) is 41.8 Å². The first-order chi connectivity index (χ1) is 6.22. The van der Waals surface area contributed by atoms with Crippen LogP contribution in [0.25, 0.3) is 0 Å². The molecule has 1 heterocycles. The van der Waals surface area contributed by atoms with Crippen molar-refractivity contribution in [3.63, 3.8) is 0 Å². The van der Waals surface area contributed by atoms with Crippen LogP contribution in [0.3, 0.4) is 0 Å². The van der Waals surface area contributed by atoms with Gasteiger partial charge in [-0.2, -0.15) is 5.26 Å². The topological polar surface area (TPSA) is 36.7 Å². The molecule has 1 rings (SSSR count). The summed E-state index contributed by atoms with van der Waals surface area (Å²) in [6, 6.07) is 2.32. The van der Waals surface area contributed by atoms with Gasteiger partial charge in [0.05, 0.1) is 22.7 Å². The van der Waals surface area contributed by atoms with E-state index in [-0.39, 0.29) is 5.92 Å². The first-order valence-electron chi connectivity index (χ1n) is 4.58. The van der Waals surface area contributed by atoms with Crippen molar-refractivity contribution in [2.45, 2.75) is 39.5 Å². The summed E-state index contributed by atoms with van der Waals surface area (Å²) >= 11 is 1.68. The van der Waals surface area contributed by atoms with Gasteiger partial charge in [0.15, 0.2) is 0 Å². The molecule has 0 aliphatic rings. The number of rotatable bonds is 3. The maximum Gasteiger partial charge on any atom is 0.0928 e. The Balaban J connectivity index is 3.00. The van der Waals surface area contributed by atoms with Crippen molar-refractivity contribution >= 4 is 11.3 Å². The Morgan fingerprint density at radius 2 is 2.23 bits per heavy atom. The van der Waals surface area contributed by atoms with Gasteiger partial charge in [0.2, 0.25) is 0 Å². The van der Waals surface area contributed by atoms with Crippen LogP contribution in [-0.4, -0.2) is 4.98 Å². The largest absolute Gasteiger partial charge is 0.246 e. The Kier molecular flexibility index (Phi) is 3.44. The molecule has 0 bridgehead atoms. The van der Waals surface area contributed by atoms with Crippen molar-refractivity contribution in [1.82, 2.24) is 4.98 Å².